The molecular weight excluding hydrogens is 529 g/mol. The molecule has 2 aliphatic carbocycles. The lowest BCUT2D eigenvalue weighted by molar-refractivity contribution is -0.0647. The van der Waals surface area contributed by atoms with Crippen LogP contribution in [0.3, 0.4) is 0 Å². The van der Waals surface area contributed by atoms with Crippen LogP contribution in [0.2, 0.25) is 5.02 Å². The summed E-state index contributed by atoms with van der Waals surface area (Å²) in [4.78, 5) is 16.5. The minimum atomic E-state index is -4.00. The number of fused-ring (bicyclic) bond motifs is 2. The molecule has 5 rings (SSSR count). The highest BCUT2D eigenvalue weighted by molar-refractivity contribution is 7.92. The molecule has 2 fully saturated rings. The van der Waals surface area contributed by atoms with Gasteiger partial charge in [0, 0.05) is 35.8 Å². The summed E-state index contributed by atoms with van der Waals surface area (Å²) < 4.78 is 67.6. The summed E-state index contributed by atoms with van der Waals surface area (Å²) >= 11 is 6.26. The highest BCUT2D eigenvalue weighted by Gasteiger charge is 2.56. The Morgan fingerprint density at radius 1 is 1.00 bits per heavy atom. The van der Waals surface area contributed by atoms with Gasteiger partial charge in [0.25, 0.3) is 5.91 Å². The van der Waals surface area contributed by atoms with Crippen molar-refractivity contribution >= 4 is 33.0 Å². The lowest BCUT2D eigenvalue weighted by Gasteiger charge is -2.42. The van der Waals surface area contributed by atoms with E-state index in [1.54, 1.807) is 24.5 Å². The van der Waals surface area contributed by atoms with Gasteiger partial charge in [-0.25, -0.2) is 21.6 Å². The Labute approximate surface area is 216 Å². The molecule has 2 bridgehead atoms. The van der Waals surface area contributed by atoms with Crippen LogP contribution in [0.15, 0.2) is 59.8 Å². The molecule has 2 aromatic carbocycles. The summed E-state index contributed by atoms with van der Waals surface area (Å²) in [6.45, 7) is 0. The molecule has 37 heavy (non-hydrogen) atoms. The van der Waals surface area contributed by atoms with E-state index in [-0.39, 0.29) is 45.8 Å². The Kier molecular flexibility index (Phi) is 6.54. The number of hydrogen-bond acceptors (Lipinski definition) is 5. The largest absolute Gasteiger partial charge is 0.385 e. The van der Waals surface area contributed by atoms with Gasteiger partial charge in [0.15, 0.2) is 27.3 Å². The Balaban J connectivity index is 1.41. The number of aromatic nitrogens is 1. The van der Waals surface area contributed by atoms with Crippen LogP contribution in [-0.4, -0.2) is 29.7 Å². The molecule has 0 saturated heterocycles. The number of pyridine rings is 1. The predicted molar refractivity (Wildman–Crippen MR) is 130 cm³/mol. The summed E-state index contributed by atoms with van der Waals surface area (Å²) in [6, 6.07) is 8.39. The summed E-state index contributed by atoms with van der Waals surface area (Å²) in [5.41, 5.74) is -0.864. The SMILES string of the molecule is O=C(Nc1cc(F)c(F)c(F)c1)c1ccc(Cl)c(S(=O)(=O)C2CC3CC[C@@H](C2)C3(O)c2ccncc2)c1. The minimum absolute atomic E-state index is 0.0715. The number of nitrogens with one attached hydrogen (secondary N) is 1. The van der Waals surface area contributed by atoms with Crippen LogP contribution in [0.4, 0.5) is 18.9 Å². The van der Waals surface area contributed by atoms with E-state index in [9.17, 15) is 31.5 Å². The number of nitrogens with zero attached hydrogens (tertiary/aromatic N) is 1. The Bertz CT molecular complexity index is 1450. The molecule has 3 aromatic rings. The fourth-order valence-corrected chi connectivity index (χ4v) is 8.12. The summed E-state index contributed by atoms with van der Waals surface area (Å²) in [6.07, 6.45) is 4.99. The Morgan fingerprint density at radius 2 is 1.59 bits per heavy atom. The van der Waals surface area contributed by atoms with Gasteiger partial charge in [-0.3, -0.25) is 9.78 Å². The first-order valence-electron chi connectivity index (χ1n) is 11.6. The zero-order valence-electron chi connectivity index (χ0n) is 19.3. The van der Waals surface area contributed by atoms with Crippen molar-refractivity contribution in [3.63, 3.8) is 0 Å². The number of sulfone groups is 1. The van der Waals surface area contributed by atoms with Crippen LogP contribution >= 0.6 is 11.6 Å². The lowest BCUT2D eigenvalue weighted by atomic mass is 9.70. The van der Waals surface area contributed by atoms with Crippen LogP contribution in [0.25, 0.3) is 0 Å². The van der Waals surface area contributed by atoms with Gasteiger partial charge in [-0.1, -0.05) is 11.6 Å². The number of carbonyl (C=O) groups excluding carboxylic acids is 1. The molecule has 0 radical (unpaired) electrons. The van der Waals surface area contributed by atoms with Crippen LogP contribution in [0, 0.1) is 29.3 Å². The maximum atomic E-state index is 13.7. The molecule has 2 aliphatic rings. The molecule has 0 spiro atoms. The molecule has 194 valence electrons. The molecular formula is C26H22ClF3N2O4S. The molecule has 4 atom stereocenters. The van der Waals surface area contributed by atoms with E-state index >= 15 is 0 Å². The molecule has 6 nitrogen and oxygen atoms in total. The van der Waals surface area contributed by atoms with Crippen LogP contribution in [-0.2, 0) is 15.4 Å². The normalized spacial score (nSPS) is 25.2. The van der Waals surface area contributed by atoms with Gasteiger partial charge in [0.2, 0.25) is 0 Å². The third-order valence-electron chi connectivity index (χ3n) is 7.53. The Hall–Kier alpha value is -2.95. The fourth-order valence-electron chi connectivity index (χ4n) is 5.72. The fraction of sp³-hybridized carbons (Fsp3) is 0.308. The van der Waals surface area contributed by atoms with Crippen molar-refractivity contribution in [3.8, 4) is 0 Å². The summed E-state index contributed by atoms with van der Waals surface area (Å²) in [5.74, 6) is -6.03. The second-order valence-electron chi connectivity index (χ2n) is 9.52. The molecule has 11 heteroatoms. The number of carbonyl (C=O) groups is 1. The third-order valence-corrected chi connectivity index (χ3v) is 10.2. The molecule has 2 N–H and O–H groups in total. The number of amides is 1. The third kappa shape index (κ3) is 4.41. The molecule has 2 saturated carbocycles. The van der Waals surface area contributed by atoms with Crippen molar-refractivity contribution in [1.29, 1.82) is 0 Å². The van der Waals surface area contributed by atoms with Gasteiger partial charge in [-0.05, 0) is 73.4 Å². The zero-order valence-corrected chi connectivity index (χ0v) is 20.9. The number of anilines is 1. The van der Waals surface area contributed by atoms with Gasteiger partial charge >= 0.3 is 0 Å². The highest BCUT2D eigenvalue weighted by atomic mass is 35.5. The smallest absolute Gasteiger partial charge is 0.255 e. The number of benzene rings is 2. The van der Waals surface area contributed by atoms with Crippen molar-refractivity contribution in [2.45, 2.75) is 41.4 Å². The van der Waals surface area contributed by atoms with E-state index in [1.807, 2.05) is 0 Å². The Morgan fingerprint density at radius 3 is 2.19 bits per heavy atom. The molecule has 0 aliphatic heterocycles. The highest BCUT2D eigenvalue weighted by Crippen LogP contribution is 2.56. The topological polar surface area (TPSA) is 96.4 Å². The van der Waals surface area contributed by atoms with E-state index < -0.39 is 44.0 Å². The summed E-state index contributed by atoms with van der Waals surface area (Å²) in [5, 5.41) is 12.9. The zero-order chi connectivity index (χ0) is 26.5. The van der Waals surface area contributed by atoms with Crippen molar-refractivity contribution in [2.75, 3.05) is 5.32 Å². The first-order valence-corrected chi connectivity index (χ1v) is 13.6. The van der Waals surface area contributed by atoms with Crippen molar-refractivity contribution in [3.05, 3.63) is 88.5 Å². The first-order chi connectivity index (χ1) is 17.5. The predicted octanol–water partition coefficient (Wildman–Crippen LogP) is 5.25. The van der Waals surface area contributed by atoms with E-state index in [0.29, 0.717) is 25.0 Å². The van der Waals surface area contributed by atoms with Gasteiger partial charge in [-0.2, -0.15) is 0 Å². The number of rotatable bonds is 5. The molecule has 1 amide bonds. The van der Waals surface area contributed by atoms with Gasteiger partial charge < -0.3 is 10.4 Å². The maximum Gasteiger partial charge on any atom is 0.255 e. The van der Waals surface area contributed by atoms with E-state index in [4.69, 9.17) is 11.6 Å². The van der Waals surface area contributed by atoms with Gasteiger partial charge in [-0.15, -0.1) is 0 Å². The molecule has 1 aromatic heterocycles. The van der Waals surface area contributed by atoms with Gasteiger partial charge in [0.1, 0.15) is 0 Å². The monoisotopic (exact) mass is 550 g/mol. The second-order valence-corrected chi connectivity index (χ2v) is 12.1. The average Bonchev–Trinajstić information content (AvgIpc) is 3.04. The van der Waals surface area contributed by atoms with Crippen LogP contribution in [0.1, 0.15) is 41.6 Å². The van der Waals surface area contributed by atoms with E-state index in [2.05, 4.69) is 10.3 Å². The van der Waals surface area contributed by atoms with E-state index in [1.165, 1.54) is 12.1 Å². The number of hydrogen-bond donors (Lipinski definition) is 2. The van der Waals surface area contributed by atoms with E-state index in [0.717, 1.165) is 11.6 Å². The molecule has 3 unspecified atom stereocenters. The quantitative estimate of drug-likeness (QED) is 0.423. The summed E-state index contributed by atoms with van der Waals surface area (Å²) in [7, 11) is -4.00. The van der Waals surface area contributed by atoms with Crippen LogP contribution < -0.4 is 5.32 Å². The first kappa shape index (κ1) is 25.7. The number of aliphatic hydroxyl groups is 1. The van der Waals surface area contributed by atoms with Crippen LogP contribution in [0.5, 0.6) is 0 Å². The minimum Gasteiger partial charge on any atom is -0.385 e. The maximum absolute atomic E-state index is 13.7. The molecule has 1 heterocycles. The number of halogens is 4. The standard InChI is InChI=1S/C26H22ClF3N2O4S/c27-20-4-1-14(25(33)32-18-12-21(28)24(30)22(29)13-18)9-23(20)37(35,36)19-10-16-2-3-17(11-19)26(16,34)15-5-7-31-8-6-15/h1,4-9,12-13,16-17,19,34H,2-3,10-11H2,(H,32,33)/t16-,17?,19?,26?/m0/s1. The second kappa shape index (κ2) is 9.41. The van der Waals surface area contributed by atoms with Gasteiger partial charge in [0.05, 0.1) is 20.8 Å². The van der Waals surface area contributed by atoms with Crippen molar-refractivity contribution in [1.82, 2.24) is 4.98 Å². The van der Waals surface area contributed by atoms with Crippen molar-refractivity contribution < 1.29 is 31.5 Å². The van der Waals surface area contributed by atoms with Crippen molar-refractivity contribution in [2.24, 2.45) is 11.8 Å². The average molecular weight is 551 g/mol. The lowest BCUT2D eigenvalue weighted by Crippen LogP contribution is -2.45.